The molecule has 26 heavy (non-hydrogen) atoms. The summed E-state index contributed by atoms with van der Waals surface area (Å²) in [5.74, 6) is -0.00567. The first-order valence-electron chi connectivity index (χ1n) is 9.39. The van der Waals surface area contributed by atoms with Crippen LogP contribution in [-0.2, 0) is 16.0 Å². The molecule has 2 aromatic rings. The average Bonchev–Trinajstić information content (AvgIpc) is 2.70. The fourth-order valence-corrected chi connectivity index (χ4v) is 3.55. The van der Waals surface area contributed by atoms with Crippen molar-refractivity contribution in [1.29, 1.82) is 0 Å². The molecule has 1 N–H and O–H groups in total. The van der Waals surface area contributed by atoms with Gasteiger partial charge in [0.25, 0.3) is 0 Å². The van der Waals surface area contributed by atoms with Crippen LogP contribution in [0.3, 0.4) is 0 Å². The SMILES string of the molecule is CCCNC(=O)CCC(=O)N1CCc2ccccc2[C@H]1c1ccccc1. The minimum atomic E-state index is -0.0765. The van der Waals surface area contributed by atoms with Gasteiger partial charge in [-0.1, -0.05) is 61.5 Å². The number of carbonyl (C=O) groups is 2. The van der Waals surface area contributed by atoms with E-state index in [1.54, 1.807) is 0 Å². The van der Waals surface area contributed by atoms with Gasteiger partial charge in [0.2, 0.25) is 11.8 Å². The van der Waals surface area contributed by atoms with E-state index in [0.29, 0.717) is 13.1 Å². The normalized spacial score (nSPS) is 16.0. The van der Waals surface area contributed by atoms with E-state index in [4.69, 9.17) is 0 Å². The summed E-state index contributed by atoms with van der Waals surface area (Å²) in [5, 5.41) is 2.84. The first-order chi connectivity index (χ1) is 12.7. The summed E-state index contributed by atoms with van der Waals surface area (Å²) < 4.78 is 0. The van der Waals surface area contributed by atoms with Gasteiger partial charge in [0, 0.05) is 25.9 Å². The summed E-state index contributed by atoms with van der Waals surface area (Å²) in [6.45, 7) is 3.36. The van der Waals surface area contributed by atoms with Crippen LogP contribution in [0.5, 0.6) is 0 Å². The van der Waals surface area contributed by atoms with Gasteiger partial charge >= 0.3 is 0 Å². The molecule has 0 saturated carbocycles. The van der Waals surface area contributed by atoms with E-state index in [1.807, 2.05) is 36.1 Å². The number of nitrogens with zero attached hydrogens (tertiary/aromatic N) is 1. The molecule has 136 valence electrons. The van der Waals surface area contributed by atoms with E-state index < -0.39 is 0 Å². The topological polar surface area (TPSA) is 49.4 Å². The van der Waals surface area contributed by atoms with Gasteiger partial charge in [-0.3, -0.25) is 9.59 Å². The molecule has 4 heteroatoms. The average molecular weight is 350 g/mol. The van der Waals surface area contributed by atoms with Gasteiger partial charge in [0.1, 0.15) is 0 Å². The molecule has 0 bridgehead atoms. The van der Waals surface area contributed by atoms with Gasteiger partial charge in [-0.2, -0.15) is 0 Å². The summed E-state index contributed by atoms with van der Waals surface area (Å²) in [6, 6.07) is 18.4. The van der Waals surface area contributed by atoms with Crippen LogP contribution in [0.2, 0.25) is 0 Å². The first-order valence-corrected chi connectivity index (χ1v) is 9.39. The molecular weight excluding hydrogens is 324 g/mol. The Labute approximate surface area is 155 Å². The number of nitrogens with one attached hydrogen (secondary N) is 1. The van der Waals surface area contributed by atoms with E-state index in [9.17, 15) is 9.59 Å². The lowest BCUT2D eigenvalue weighted by molar-refractivity contribution is -0.135. The van der Waals surface area contributed by atoms with Crippen LogP contribution in [0.1, 0.15) is 48.9 Å². The van der Waals surface area contributed by atoms with Crippen molar-refractivity contribution in [2.45, 2.75) is 38.6 Å². The molecule has 1 aliphatic heterocycles. The second kappa shape index (κ2) is 8.65. The molecule has 3 rings (SSSR count). The number of rotatable bonds is 6. The summed E-state index contributed by atoms with van der Waals surface area (Å²) in [5.41, 5.74) is 3.60. The highest BCUT2D eigenvalue weighted by Gasteiger charge is 2.31. The van der Waals surface area contributed by atoms with E-state index >= 15 is 0 Å². The summed E-state index contributed by atoms with van der Waals surface area (Å²) >= 11 is 0. The van der Waals surface area contributed by atoms with Crippen LogP contribution < -0.4 is 5.32 Å². The lowest BCUT2D eigenvalue weighted by atomic mass is 9.88. The highest BCUT2D eigenvalue weighted by atomic mass is 16.2. The van der Waals surface area contributed by atoms with Crippen molar-refractivity contribution >= 4 is 11.8 Å². The maximum Gasteiger partial charge on any atom is 0.223 e. The van der Waals surface area contributed by atoms with Crippen LogP contribution in [0, 0.1) is 0 Å². The lowest BCUT2D eigenvalue weighted by Gasteiger charge is -2.38. The molecule has 0 aromatic heterocycles. The zero-order valence-electron chi connectivity index (χ0n) is 15.3. The molecule has 4 nitrogen and oxygen atoms in total. The zero-order valence-corrected chi connectivity index (χ0v) is 15.3. The molecule has 0 aliphatic carbocycles. The highest BCUT2D eigenvalue weighted by molar-refractivity contribution is 5.84. The van der Waals surface area contributed by atoms with Gasteiger partial charge in [0.15, 0.2) is 0 Å². The third-order valence-corrected chi connectivity index (χ3v) is 4.86. The maximum atomic E-state index is 12.9. The predicted octanol–water partition coefficient (Wildman–Crippen LogP) is 3.47. The molecule has 0 spiro atoms. The van der Waals surface area contributed by atoms with Crippen molar-refractivity contribution in [1.82, 2.24) is 10.2 Å². The third-order valence-electron chi connectivity index (χ3n) is 4.86. The minimum absolute atomic E-state index is 0.0417. The fourth-order valence-electron chi connectivity index (χ4n) is 3.55. The lowest BCUT2D eigenvalue weighted by Crippen LogP contribution is -2.41. The number of hydrogen-bond donors (Lipinski definition) is 1. The number of amides is 2. The van der Waals surface area contributed by atoms with Crippen molar-refractivity contribution in [2.75, 3.05) is 13.1 Å². The standard InChI is InChI=1S/C22H26N2O2/c1-2-15-23-20(25)12-13-21(26)24-16-14-17-8-6-7-11-19(17)22(24)18-9-4-3-5-10-18/h3-11,22H,2,12-16H2,1H3,(H,23,25)/t22-/m1/s1. The number of carbonyl (C=O) groups excluding carboxylic acids is 2. The summed E-state index contributed by atoms with van der Waals surface area (Å²) in [6.07, 6.45) is 2.26. The summed E-state index contributed by atoms with van der Waals surface area (Å²) in [4.78, 5) is 26.7. The molecule has 2 aromatic carbocycles. The fraction of sp³-hybridized carbons (Fsp3) is 0.364. The molecule has 0 radical (unpaired) electrons. The first kappa shape index (κ1) is 18.2. The third kappa shape index (κ3) is 4.13. The van der Waals surface area contributed by atoms with Crippen LogP contribution >= 0.6 is 0 Å². The Balaban J connectivity index is 1.79. The molecule has 1 aliphatic rings. The number of fused-ring (bicyclic) bond motifs is 1. The monoisotopic (exact) mass is 350 g/mol. The summed E-state index contributed by atoms with van der Waals surface area (Å²) in [7, 11) is 0. The van der Waals surface area contributed by atoms with Crippen molar-refractivity contribution in [3.05, 3.63) is 71.3 Å². The van der Waals surface area contributed by atoms with Gasteiger partial charge in [0.05, 0.1) is 6.04 Å². The highest BCUT2D eigenvalue weighted by Crippen LogP contribution is 2.35. The van der Waals surface area contributed by atoms with Gasteiger partial charge in [-0.15, -0.1) is 0 Å². The van der Waals surface area contributed by atoms with Crippen molar-refractivity contribution in [2.24, 2.45) is 0 Å². The van der Waals surface area contributed by atoms with Gasteiger partial charge in [-0.05, 0) is 29.5 Å². The molecule has 1 heterocycles. The smallest absolute Gasteiger partial charge is 0.223 e. The van der Waals surface area contributed by atoms with Crippen LogP contribution in [0.4, 0.5) is 0 Å². The van der Waals surface area contributed by atoms with Crippen molar-refractivity contribution < 1.29 is 9.59 Å². The van der Waals surface area contributed by atoms with Crippen molar-refractivity contribution in [3.8, 4) is 0 Å². The van der Waals surface area contributed by atoms with Crippen molar-refractivity contribution in [3.63, 3.8) is 0 Å². The number of benzene rings is 2. The van der Waals surface area contributed by atoms with Gasteiger partial charge in [-0.25, -0.2) is 0 Å². The second-order valence-corrected chi connectivity index (χ2v) is 6.70. The minimum Gasteiger partial charge on any atom is -0.356 e. The van der Waals surface area contributed by atoms with E-state index in [1.165, 1.54) is 11.1 Å². The van der Waals surface area contributed by atoms with Crippen LogP contribution in [-0.4, -0.2) is 29.8 Å². The Hall–Kier alpha value is -2.62. The molecule has 0 fully saturated rings. The van der Waals surface area contributed by atoms with Gasteiger partial charge < -0.3 is 10.2 Å². The van der Waals surface area contributed by atoms with Crippen LogP contribution in [0.15, 0.2) is 54.6 Å². The Morgan fingerprint density at radius 3 is 2.54 bits per heavy atom. The Bertz CT molecular complexity index is 758. The zero-order chi connectivity index (χ0) is 18.4. The Morgan fingerprint density at radius 1 is 1.04 bits per heavy atom. The number of hydrogen-bond acceptors (Lipinski definition) is 2. The van der Waals surface area contributed by atoms with E-state index in [-0.39, 0.29) is 30.7 Å². The maximum absolute atomic E-state index is 12.9. The molecule has 2 amide bonds. The van der Waals surface area contributed by atoms with Crippen LogP contribution in [0.25, 0.3) is 0 Å². The molecular formula is C22H26N2O2. The Morgan fingerprint density at radius 2 is 1.77 bits per heavy atom. The van der Waals surface area contributed by atoms with E-state index in [0.717, 1.165) is 18.4 Å². The Kier molecular flexibility index (Phi) is 6.05. The molecule has 1 atom stereocenters. The quantitative estimate of drug-likeness (QED) is 0.867. The molecule has 0 unspecified atom stereocenters. The molecule has 0 saturated heterocycles. The van der Waals surface area contributed by atoms with E-state index in [2.05, 4.69) is 35.6 Å². The largest absolute Gasteiger partial charge is 0.356 e. The second-order valence-electron chi connectivity index (χ2n) is 6.70. The predicted molar refractivity (Wildman–Crippen MR) is 103 cm³/mol.